The lowest BCUT2D eigenvalue weighted by molar-refractivity contribution is 0.355. The molecule has 1 N–H and O–H groups in total. The molecule has 1 fully saturated rings. The van der Waals surface area contributed by atoms with E-state index in [1.807, 2.05) is 0 Å². The van der Waals surface area contributed by atoms with E-state index in [1.54, 1.807) is 7.05 Å². The van der Waals surface area contributed by atoms with Gasteiger partial charge in [0.2, 0.25) is 5.89 Å². The molecule has 2 heterocycles. The molecular formula is C8H13N3O3S. The normalized spacial score (nSPS) is 24.5. The molecule has 0 bridgehead atoms. The quantitative estimate of drug-likeness (QED) is 0.768. The summed E-state index contributed by atoms with van der Waals surface area (Å²) in [6.45, 7) is 0.531. The Hall–Kier alpha value is -0.950. The Morgan fingerprint density at radius 1 is 1.60 bits per heavy atom. The van der Waals surface area contributed by atoms with Crippen molar-refractivity contribution in [2.75, 3.05) is 18.6 Å². The van der Waals surface area contributed by atoms with Gasteiger partial charge in [0.05, 0.1) is 24.0 Å². The fraction of sp³-hybridized carbons (Fsp3) is 0.750. The smallest absolute Gasteiger partial charge is 0.230 e. The van der Waals surface area contributed by atoms with Crippen LogP contribution in [0.2, 0.25) is 0 Å². The Bertz CT molecular complexity index is 440. The van der Waals surface area contributed by atoms with Crippen LogP contribution in [0.1, 0.15) is 24.1 Å². The SMILES string of the molecule is CNCc1noc(C2CCS(=O)(=O)C2)n1. The average Bonchev–Trinajstić information content (AvgIpc) is 2.73. The molecule has 7 heteroatoms. The summed E-state index contributed by atoms with van der Waals surface area (Å²) in [4.78, 5) is 4.14. The molecular weight excluding hydrogens is 218 g/mol. The van der Waals surface area contributed by atoms with Crippen molar-refractivity contribution in [3.63, 3.8) is 0 Å². The number of aromatic nitrogens is 2. The monoisotopic (exact) mass is 231 g/mol. The number of hydrogen-bond acceptors (Lipinski definition) is 6. The van der Waals surface area contributed by atoms with Gasteiger partial charge in [-0.1, -0.05) is 5.16 Å². The van der Waals surface area contributed by atoms with Gasteiger partial charge in [0.1, 0.15) is 0 Å². The molecule has 1 saturated heterocycles. The number of hydrogen-bond donors (Lipinski definition) is 1. The number of nitrogens with zero attached hydrogens (tertiary/aromatic N) is 2. The van der Waals surface area contributed by atoms with E-state index >= 15 is 0 Å². The van der Waals surface area contributed by atoms with E-state index in [1.165, 1.54) is 0 Å². The van der Waals surface area contributed by atoms with Crippen LogP contribution >= 0.6 is 0 Å². The Morgan fingerprint density at radius 3 is 3.00 bits per heavy atom. The van der Waals surface area contributed by atoms with Crippen LogP contribution in [0.3, 0.4) is 0 Å². The highest BCUT2D eigenvalue weighted by molar-refractivity contribution is 7.91. The fourth-order valence-corrected chi connectivity index (χ4v) is 3.39. The summed E-state index contributed by atoms with van der Waals surface area (Å²) >= 11 is 0. The van der Waals surface area contributed by atoms with Crippen LogP contribution in [0.5, 0.6) is 0 Å². The first-order valence-electron chi connectivity index (χ1n) is 4.78. The van der Waals surface area contributed by atoms with E-state index in [9.17, 15) is 8.42 Å². The van der Waals surface area contributed by atoms with Crippen LogP contribution in [-0.2, 0) is 16.4 Å². The van der Waals surface area contributed by atoms with Gasteiger partial charge >= 0.3 is 0 Å². The third-order valence-corrected chi connectivity index (χ3v) is 4.17. The Morgan fingerprint density at radius 2 is 2.40 bits per heavy atom. The topological polar surface area (TPSA) is 85.1 Å². The third kappa shape index (κ3) is 2.35. The Kier molecular flexibility index (Phi) is 2.74. The van der Waals surface area contributed by atoms with Gasteiger partial charge in [-0.25, -0.2) is 8.42 Å². The van der Waals surface area contributed by atoms with E-state index in [0.29, 0.717) is 24.7 Å². The van der Waals surface area contributed by atoms with E-state index in [4.69, 9.17) is 4.52 Å². The summed E-state index contributed by atoms with van der Waals surface area (Å²) in [7, 11) is -1.10. The molecule has 1 aromatic heterocycles. The molecule has 1 unspecified atom stereocenters. The molecule has 0 spiro atoms. The van der Waals surface area contributed by atoms with Crippen LogP contribution < -0.4 is 5.32 Å². The van der Waals surface area contributed by atoms with Crippen LogP contribution in [0.15, 0.2) is 4.52 Å². The summed E-state index contributed by atoms with van der Waals surface area (Å²) < 4.78 is 27.5. The molecule has 0 aliphatic carbocycles. The first kappa shape index (κ1) is 10.6. The van der Waals surface area contributed by atoms with Gasteiger partial charge in [0.15, 0.2) is 15.7 Å². The second-order valence-corrected chi connectivity index (χ2v) is 5.91. The van der Waals surface area contributed by atoms with E-state index in [2.05, 4.69) is 15.5 Å². The maximum absolute atomic E-state index is 11.2. The minimum absolute atomic E-state index is 0.117. The lowest BCUT2D eigenvalue weighted by Crippen LogP contribution is -2.07. The molecule has 1 aliphatic heterocycles. The van der Waals surface area contributed by atoms with Crippen molar-refractivity contribution < 1.29 is 12.9 Å². The summed E-state index contributed by atoms with van der Waals surface area (Å²) in [5.41, 5.74) is 0. The zero-order valence-corrected chi connectivity index (χ0v) is 9.25. The van der Waals surface area contributed by atoms with E-state index in [-0.39, 0.29) is 17.4 Å². The highest BCUT2D eigenvalue weighted by Gasteiger charge is 2.32. The van der Waals surface area contributed by atoms with Crippen LogP contribution in [0, 0.1) is 0 Å². The lowest BCUT2D eigenvalue weighted by atomic mass is 10.1. The minimum atomic E-state index is -2.89. The maximum atomic E-state index is 11.2. The Labute approximate surface area is 88.0 Å². The highest BCUT2D eigenvalue weighted by Crippen LogP contribution is 2.27. The zero-order valence-electron chi connectivity index (χ0n) is 8.43. The molecule has 0 radical (unpaired) electrons. The molecule has 2 rings (SSSR count). The van der Waals surface area contributed by atoms with Crippen molar-refractivity contribution in [2.45, 2.75) is 18.9 Å². The number of nitrogens with one attached hydrogen (secondary N) is 1. The van der Waals surface area contributed by atoms with Crippen molar-refractivity contribution in [3.05, 3.63) is 11.7 Å². The summed E-state index contributed by atoms with van der Waals surface area (Å²) in [5, 5.41) is 6.66. The minimum Gasteiger partial charge on any atom is -0.339 e. The second kappa shape index (κ2) is 3.90. The largest absolute Gasteiger partial charge is 0.339 e. The van der Waals surface area contributed by atoms with Gasteiger partial charge < -0.3 is 9.84 Å². The number of sulfone groups is 1. The van der Waals surface area contributed by atoms with Gasteiger partial charge in [-0.3, -0.25) is 0 Å². The highest BCUT2D eigenvalue weighted by atomic mass is 32.2. The predicted octanol–water partition coefficient (Wildman–Crippen LogP) is -0.309. The van der Waals surface area contributed by atoms with Crippen molar-refractivity contribution in [3.8, 4) is 0 Å². The van der Waals surface area contributed by atoms with Gasteiger partial charge in [0, 0.05) is 0 Å². The Balaban J connectivity index is 2.10. The van der Waals surface area contributed by atoms with Gasteiger partial charge in [0.25, 0.3) is 0 Å². The summed E-state index contributed by atoms with van der Waals surface area (Å²) in [6.07, 6.45) is 0.587. The summed E-state index contributed by atoms with van der Waals surface area (Å²) in [6, 6.07) is 0. The molecule has 84 valence electrons. The lowest BCUT2D eigenvalue weighted by Gasteiger charge is -1.97. The molecule has 15 heavy (non-hydrogen) atoms. The molecule has 0 amide bonds. The van der Waals surface area contributed by atoms with Crippen LogP contribution in [-0.4, -0.2) is 37.1 Å². The number of rotatable bonds is 3. The first-order valence-corrected chi connectivity index (χ1v) is 6.60. The van der Waals surface area contributed by atoms with Crippen molar-refractivity contribution >= 4 is 9.84 Å². The summed E-state index contributed by atoms with van der Waals surface area (Å²) in [5.74, 6) is 1.25. The van der Waals surface area contributed by atoms with Crippen molar-refractivity contribution in [1.29, 1.82) is 0 Å². The van der Waals surface area contributed by atoms with Gasteiger partial charge in [-0.2, -0.15) is 4.98 Å². The van der Waals surface area contributed by atoms with Crippen LogP contribution in [0.4, 0.5) is 0 Å². The first-order chi connectivity index (χ1) is 7.11. The van der Waals surface area contributed by atoms with Gasteiger partial charge in [-0.05, 0) is 13.5 Å². The molecule has 1 atom stereocenters. The molecule has 1 aromatic rings. The molecule has 6 nitrogen and oxygen atoms in total. The fourth-order valence-electron chi connectivity index (χ4n) is 1.65. The van der Waals surface area contributed by atoms with Crippen molar-refractivity contribution in [1.82, 2.24) is 15.5 Å². The van der Waals surface area contributed by atoms with E-state index < -0.39 is 9.84 Å². The zero-order chi connectivity index (χ0) is 10.9. The standard InChI is InChI=1S/C8H13N3O3S/c1-9-4-7-10-8(14-11-7)6-2-3-15(12,13)5-6/h6,9H,2-5H2,1H3. The average molecular weight is 231 g/mol. The second-order valence-electron chi connectivity index (χ2n) is 3.68. The van der Waals surface area contributed by atoms with Gasteiger partial charge in [-0.15, -0.1) is 0 Å². The predicted molar refractivity (Wildman–Crippen MR) is 53.1 cm³/mol. The van der Waals surface area contributed by atoms with E-state index in [0.717, 1.165) is 0 Å². The maximum Gasteiger partial charge on any atom is 0.230 e. The third-order valence-electron chi connectivity index (χ3n) is 2.40. The van der Waals surface area contributed by atoms with Crippen LogP contribution in [0.25, 0.3) is 0 Å². The molecule has 1 aliphatic rings. The van der Waals surface area contributed by atoms with Crippen molar-refractivity contribution in [2.24, 2.45) is 0 Å². The molecule has 0 aromatic carbocycles. The molecule has 0 saturated carbocycles.